The van der Waals surface area contributed by atoms with Gasteiger partial charge < -0.3 is 4.90 Å². The van der Waals surface area contributed by atoms with Gasteiger partial charge in [-0.15, -0.1) is 11.3 Å². The molecular weight excluding hydrogens is 318 g/mol. The first-order chi connectivity index (χ1) is 11.8. The Bertz CT molecular complexity index is 848. The summed E-state index contributed by atoms with van der Waals surface area (Å²) in [6, 6.07) is 10.7. The summed E-state index contributed by atoms with van der Waals surface area (Å²) in [6.07, 6.45) is 5.91. The van der Waals surface area contributed by atoms with Crippen molar-refractivity contribution in [2.24, 2.45) is 0 Å². The molecular formula is C19H21N3OS. The van der Waals surface area contributed by atoms with Crippen LogP contribution in [0.3, 0.4) is 0 Å². The molecule has 4 nitrogen and oxygen atoms in total. The number of amides is 1. The van der Waals surface area contributed by atoms with Crippen LogP contribution in [-0.2, 0) is 11.2 Å². The highest BCUT2D eigenvalue weighted by Crippen LogP contribution is 2.28. The summed E-state index contributed by atoms with van der Waals surface area (Å²) in [6.45, 7) is 2.75. The van der Waals surface area contributed by atoms with Crippen molar-refractivity contribution in [2.45, 2.75) is 38.6 Å². The van der Waals surface area contributed by atoms with Gasteiger partial charge in [-0.25, -0.2) is 4.98 Å². The van der Waals surface area contributed by atoms with Gasteiger partial charge in [0, 0.05) is 48.3 Å². The number of nitrogens with zero attached hydrogens (tertiary/aromatic N) is 3. The molecule has 24 heavy (non-hydrogen) atoms. The third-order valence-corrected chi connectivity index (χ3v) is 5.46. The van der Waals surface area contributed by atoms with Gasteiger partial charge in [0.2, 0.25) is 5.91 Å². The van der Waals surface area contributed by atoms with Gasteiger partial charge in [0.1, 0.15) is 0 Å². The van der Waals surface area contributed by atoms with E-state index in [1.165, 1.54) is 5.69 Å². The van der Waals surface area contributed by atoms with E-state index in [4.69, 9.17) is 4.98 Å². The maximum Gasteiger partial charge on any atom is 0.222 e. The van der Waals surface area contributed by atoms with Crippen molar-refractivity contribution < 1.29 is 4.79 Å². The zero-order chi connectivity index (χ0) is 16.5. The van der Waals surface area contributed by atoms with Crippen LogP contribution in [0.4, 0.5) is 0 Å². The fraction of sp³-hybridized carbons (Fsp3) is 0.368. The van der Waals surface area contributed by atoms with Crippen LogP contribution in [0.25, 0.3) is 16.2 Å². The van der Waals surface area contributed by atoms with Crippen molar-refractivity contribution in [2.75, 3.05) is 6.54 Å². The van der Waals surface area contributed by atoms with E-state index in [2.05, 4.69) is 33.0 Å². The highest BCUT2D eigenvalue weighted by atomic mass is 32.1. The summed E-state index contributed by atoms with van der Waals surface area (Å²) in [7, 11) is 0. The number of benzene rings is 1. The smallest absolute Gasteiger partial charge is 0.222 e. The molecule has 4 rings (SSSR count). The molecule has 2 heterocycles. The minimum Gasteiger partial charge on any atom is -0.339 e. The summed E-state index contributed by atoms with van der Waals surface area (Å²) in [4.78, 5) is 19.9. The van der Waals surface area contributed by atoms with Crippen LogP contribution < -0.4 is 0 Å². The lowest BCUT2D eigenvalue weighted by Crippen LogP contribution is -2.34. The average Bonchev–Trinajstić information content (AvgIpc) is 3.25. The Morgan fingerprint density at radius 1 is 1.33 bits per heavy atom. The van der Waals surface area contributed by atoms with E-state index in [-0.39, 0.29) is 5.91 Å². The van der Waals surface area contributed by atoms with Crippen molar-refractivity contribution in [1.29, 1.82) is 0 Å². The zero-order valence-electron chi connectivity index (χ0n) is 13.8. The van der Waals surface area contributed by atoms with Gasteiger partial charge in [-0.2, -0.15) is 0 Å². The predicted molar refractivity (Wildman–Crippen MR) is 97.2 cm³/mol. The lowest BCUT2D eigenvalue weighted by atomic mass is 10.2. The SMILES string of the molecule is CCC(=O)N(CCc1csc2nc(-c3ccccc3)cn12)C1CC1. The van der Waals surface area contributed by atoms with E-state index in [0.29, 0.717) is 12.5 Å². The van der Waals surface area contributed by atoms with Gasteiger partial charge in [-0.3, -0.25) is 9.20 Å². The third kappa shape index (κ3) is 2.96. The van der Waals surface area contributed by atoms with Gasteiger partial charge in [-0.1, -0.05) is 37.3 Å². The van der Waals surface area contributed by atoms with Crippen LogP contribution in [0.2, 0.25) is 0 Å². The average molecular weight is 339 g/mol. The molecule has 0 bridgehead atoms. The summed E-state index contributed by atoms with van der Waals surface area (Å²) in [5.74, 6) is 0.277. The van der Waals surface area contributed by atoms with Crippen LogP contribution in [0.1, 0.15) is 31.9 Å². The molecule has 3 aromatic rings. The lowest BCUT2D eigenvalue weighted by molar-refractivity contribution is -0.131. The molecule has 1 aromatic carbocycles. The fourth-order valence-electron chi connectivity index (χ4n) is 3.09. The molecule has 0 saturated heterocycles. The molecule has 1 amide bonds. The molecule has 0 radical (unpaired) electrons. The molecule has 5 heteroatoms. The first-order valence-corrected chi connectivity index (χ1v) is 9.44. The number of fused-ring (bicyclic) bond motifs is 1. The van der Waals surface area contributed by atoms with Crippen molar-refractivity contribution >= 4 is 22.2 Å². The fourth-order valence-corrected chi connectivity index (χ4v) is 4.00. The summed E-state index contributed by atoms with van der Waals surface area (Å²) >= 11 is 1.67. The Morgan fingerprint density at radius 2 is 2.12 bits per heavy atom. The Labute approximate surface area is 145 Å². The second kappa shape index (κ2) is 6.40. The number of imidazole rings is 1. The second-order valence-corrected chi connectivity index (χ2v) is 7.13. The topological polar surface area (TPSA) is 37.6 Å². The highest BCUT2D eigenvalue weighted by molar-refractivity contribution is 7.15. The van der Waals surface area contributed by atoms with Gasteiger partial charge >= 0.3 is 0 Å². The van der Waals surface area contributed by atoms with Gasteiger partial charge in [0.05, 0.1) is 5.69 Å². The molecule has 1 saturated carbocycles. The molecule has 124 valence electrons. The monoisotopic (exact) mass is 339 g/mol. The maximum absolute atomic E-state index is 12.1. The first kappa shape index (κ1) is 15.4. The van der Waals surface area contributed by atoms with E-state index in [9.17, 15) is 4.79 Å². The number of hydrogen-bond donors (Lipinski definition) is 0. The van der Waals surface area contributed by atoms with E-state index >= 15 is 0 Å². The van der Waals surface area contributed by atoms with Crippen LogP contribution in [0.15, 0.2) is 41.9 Å². The number of carbonyl (C=O) groups excluding carboxylic acids is 1. The number of thiazole rings is 1. The van der Waals surface area contributed by atoms with E-state index in [1.54, 1.807) is 11.3 Å². The van der Waals surface area contributed by atoms with Crippen molar-refractivity contribution in [3.63, 3.8) is 0 Å². The molecule has 1 fully saturated rings. The predicted octanol–water partition coefficient (Wildman–Crippen LogP) is 4.01. The quantitative estimate of drug-likeness (QED) is 0.680. The molecule has 0 atom stereocenters. The van der Waals surface area contributed by atoms with Gasteiger partial charge in [0.25, 0.3) is 0 Å². The number of carbonyl (C=O) groups is 1. The van der Waals surface area contributed by atoms with E-state index < -0.39 is 0 Å². The summed E-state index contributed by atoms with van der Waals surface area (Å²) < 4.78 is 2.18. The molecule has 1 aliphatic carbocycles. The van der Waals surface area contributed by atoms with Gasteiger partial charge in [-0.05, 0) is 12.8 Å². The largest absolute Gasteiger partial charge is 0.339 e. The summed E-state index contributed by atoms with van der Waals surface area (Å²) in [5, 5.41) is 2.17. The van der Waals surface area contributed by atoms with Crippen LogP contribution in [-0.4, -0.2) is 32.8 Å². The Hall–Kier alpha value is -2.14. The number of hydrogen-bond acceptors (Lipinski definition) is 3. The summed E-state index contributed by atoms with van der Waals surface area (Å²) in [5.41, 5.74) is 3.38. The maximum atomic E-state index is 12.1. The zero-order valence-corrected chi connectivity index (χ0v) is 14.6. The minimum absolute atomic E-state index is 0.277. The standard InChI is InChI=1S/C19H21N3OS/c1-2-18(23)21(15-8-9-15)11-10-16-13-24-19-20-17(12-22(16)19)14-6-4-3-5-7-14/h3-7,12-13,15H,2,8-11H2,1H3. The van der Waals surface area contributed by atoms with Crippen molar-refractivity contribution in [3.05, 3.63) is 47.6 Å². The molecule has 2 aromatic heterocycles. The Morgan fingerprint density at radius 3 is 2.83 bits per heavy atom. The lowest BCUT2D eigenvalue weighted by Gasteiger charge is -2.21. The van der Waals surface area contributed by atoms with Crippen molar-refractivity contribution in [1.82, 2.24) is 14.3 Å². The van der Waals surface area contributed by atoms with Crippen molar-refractivity contribution in [3.8, 4) is 11.3 Å². The Balaban J connectivity index is 1.54. The minimum atomic E-state index is 0.277. The third-order valence-electron chi connectivity index (χ3n) is 4.57. The van der Waals surface area contributed by atoms with Gasteiger partial charge in [0.15, 0.2) is 4.96 Å². The second-order valence-electron chi connectivity index (χ2n) is 6.29. The first-order valence-electron chi connectivity index (χ1n) is 8.56. The van der Waals surface area contributed by atoms with Crippen LogP contribution in [0, 0.1) is 0 Å². The molecule has 0 N–H and O–H groups in total. The highest BCUT2D eigenvalue weighted by Gasteiger charge is 2.31. The molecule has 0 spiro atoms. The molecule has 0 unspecified atom stereocenters. The number of rotatable bonds is 6. The number of aromatic nitrogens is 2. The Kier molecular flexibility index (Phi) is 4.10. The van der Waals surface area contributed by atoms with E-state index in [0.717, 1.165) is 42.0 Å². The molecule has 0 aliphatic heterocycles. The van der Waals surface area contributed by atoms with E-state index in [1.807, 2.05) is 25.1 Å². The van der Waals surface area contributed by atoms with Crippen LogP contribution >= 0.6 is 11.3 Å². The normalized spacial score (nSPS) is 14.2. The van der Waals surface area contributed by atoms with Crippen LogP contribution in [0.5, 0.6) is 0 Å². The molecule has 1 aliphatic rings.